The van der Waals surface area contributed by atoms with Gasteiger partial charge in [0.25, 0.3) is 0 Å². The van der Waals surface area contributed by atoms with Gasteiger partial charge in [-0.1, -0.05) is 42.5 Å². The predicted molar refractivity (Wildman–Crippen MR) is 79.5 cm³/mol. The molecule has 2 aromatic carbocycles. The number of carbonyl (C=O) groups is 1. The largest absolute Gasteiger partial charge is 0.527 e. The van der Waals surface area contributed by atoms with Gasteiger partial charge >= 0.3 is 13.8 Å². The van der Waals surface area contributed by atoms with Crippen molar-refractivity contribution in [2.45, 2.75) is 13.0 Å². The minimum absolute atomic E-state index is 0.0499. The molecule has 0 aliphatic rings. The van der Waals surface area contributed by atoms with E-state index in [1.807, 2.05) is 6.07 Å². The molecular weight excluding hydrogens is 307 g/mol. The molecule has 0 saturated heterocycles. The Balaban J connectivity index is 1.93. The molecule has 6 nitrogen and oxygen atoms in total. The lowest BCUT2D eigenvalue weighted by molar-refractivity contribution is -0.136. The first-order valence-corrected chi connectivity index (χ1v) is 7.96. The molecule has 0 amide bonds. The summed E-state index contributed by atoms with van der Waals surface area (Å²) in [7, 11) is -4.24. The van der Waals surface area contributed by atoms with Crippen molar-refractivity contribution in [3.63, 3.8) is 0 Å². The van der Waals surface area contributed by atoms with Crippen LogP contribution in [-0.4, -0.2) is 16.0 Å². The molecule has 1 unspecified atom stereocenters. The third-order valence-electron chi connectivity index (χ3n) is 2.74. The predicted octanol–water partition coefficient (Wildman–Crippen LogP) is 3.01. The SMILES string of the molecule is O=C(O)Cc1ccc(OP(=O)(O)OCc2ccccc2)cc1. The first-order chi connectivity index (χ1) is 10.4. The lowest BCUT2D eigenvalue weighted by atomic mass is 10.1. The van der Waals surface area contributed by atoms with Gasteiger partial charge in [0.2, 0.25) is 0 Å². The van der Waals surface area contributed by atoms with Crippen LogP contribution in [0.3, 0.4) is 0 Å². The van der Waals surface area contributed by atoms with Gasteiger partial charge in [0.1, 0.15) is 5.75 Å². The second kappa shape index (κ2) is 7.22. The number of carboxylic acid groups (broad SMARTS) is 1. The van der Waals surface area contributed by atoms with Crippen LogP contribution in [-0.2, 0) is 26.9 Å². The molecule has 0 bridgehead atoms. The lowest BCUT2D eigenvalue weighted by Gasteiger charge is -2.13. The maximum absolute atomic E-state index is 11.8. The van der Waals surface area contributed by atoms with Gasteiger partial charge in [-0.05, 0) is 23.3 Å². The van der Waals surface area contributed by atoms with Gasteiger partial charge in [-0.15, -0.1) is 0 Å². The van der Waals surface area contributed by atoms with E-state index in [9.17, 15) is 14.3 Å². The maximum Gasteiger partial charge on any atom is 0.527 e. The molecule has 0 aliphatic carbocycles. The van der Waals surface area contributed by atoms with E-state index in [-0.39, 0.29) is 18.8 Å². The van der Waals surface area contributed by atoms with E-state index in [1.54, 1.807) is 24.3 Å². The van der Waals surface area contributed by atoms with Crippen molar-refractivity contribution in [1.29, 1.82) is 0 Å². The standard InChI is InChI=1S/C15H15O6P/c16-15(17)10-12-6-8-14(9-7-12)21-22(18,19)20-11-13-4-2-1-3-5-13/h1-9H,10-11H2,(H,16,17)(H,18,19). The van der Waals surface area contributed by atoms with Crippen molar-refractivity contribution < 1.29 is 28.4 Å². The number of phosphoric acid groups is 1. The summed E-state index contributed by atoms with van der Waals surface area (Å²) < 4.78 is 21.7. The fourth-order valence-electron chi connectivity index (χ4n) is 1.73. The normalized spacial score (nSPS) is 13.3. The van der Waals surface area contributed by atoms with Crippen LogP contribution < -0.4 is 4.52 Å². The van der Waals surface area contributed by atoms with E-state index in [0.29, 0.717) is 5.56 Å². The van der Waals surface area contributed by atoms with Gasteiger partial charge in [0, 0.05) is 0 Å². The highest BCUT2D eigenvalue weighted by atomic mass is 31.2. The zero-order valence-electron chi connectivity index (χ0n) is 11.6. The molecule has 0 heterocycles. The molecule has 0 saturated carbocycles. The molecule has 2 aromatic rings. The van der Waals surface area contributed by atoms with Crippen molar-refractivity contribution in [1.82, 2.24) is 0 Å². The summed E-state index contributed by atoms with van der Waals surface area (Å²) >= 11 is 0. The van der Waals surface area contributed by atoms with Crippen LogP contribution in [0.2, 0.25) is 0 Å². The summed E-state index contributed by atoms with van der Waals surface area (Å²) in [5.74, 6) is -0.819. The zero-order valence-corrected chi connectivity index (χ0v) is 12.5. The Bertz CT molecular complexity index is 668. The Hall–Kier alpha value is -2.14. The summed E-state index contributed by atoms with van der Waals surface area (Å²) in [6.45, 7) is -0.0499. The van der Waals surface area contributed by atoms with Gasteiger partial charge in [-0.25, -0.2) is 4.57 Å². The topological polar surface area (TPSA) is 93.1 Å². The van der Waals surface area contributed by atoms with Gasteiger partial charge in [0.15, 0.2) is 0 Å². The minimum atomic E-state index is -4.24. The minimum Gasteiger partial charge on any atom is -0.481 e. The van der Waals surface area contributed by atoms with Gasteiger partial charge in [-0.2, -0.15) is 0 Å². The summed E-state index contributed by atoms with van der Waals surface area (Å²) in [6.07, 6.45) is -0.123. The van der Waals surface area contributed by atoms with Crippen molar-refractivity contribution in [3.8, 4) is 5.75 Å². The van der Waals surface area contributed by atoms with Crippen molar-refractivity contribution in [2.24, 2.45) is 0 Å². The molecule has 7 heteroatoms. The van der Waals surface area contributed by atoms with Gasteiger partial charge in [-0.3, -0.25) is 14.2 Å². The molecule has 1 atom stereocenters. The molecule has 0 radical (unpaired) electrons. The van der Waals surface area contributed by atoms with Crippen molar-refractivity contribution >= 4 is 13.8 Å². The van der Waals surface area contributed by atoms with Crippen LogP contribution in [0.5, 0.6) is 5.75 Å². The number of phosphoric ester groups is 1. The number of benzene rings is 2. The van der Waals surface area contributed by atoms with E-state index < -0.39 is 13.8 Å². The van der Waals surface area contributed by atoms with Crippen LogP contribution in [0.25, 0.3) is 0 Å². The van der Waals surface area contributed by atoms with Crippen LogP contribution in [0, 0.1) is 0 Å². The van der Waals surface area contributed by atoms with E-state index in [0.717, 1.165) is 5.56 Å². The smallest absolute Gasteiger partial charge is 0.481 e. The Morgan fingerprint density at radius 1 is 1.00 bits per heavy atom. The first-order valence-electron chi connectivity index (χ1n) is 6.46. The van der Waals surface area contributed by atoms with Crippen LogP contribution in [0.4, 0.5) is 0 Å². The first kappa shape index (κ1) is 16.2. The second-order valence-corrected chi connectivity index (χ2v) is 5.91. The Kier molecular flexibility index (Phi) is 5.33. The average Bonchev–Trinajstić information content (AvgIpc) is 2.48. The monoisotopic (exact) mass is 322 g/mol. The molecule has 0 fully saturated rings. The van der Waals surface area contributed by atoms with Crippen molar-refractivity contribution in [2.75, 3.05) is 0 Å². The summed E-state index contributed by atoms with van der Waals surface area (Å²) in [5, 5.41) is 8.67. The quantitative estimate of drug-likeness (QED) is 0.761. The molecule has 0 aliphatic heterocycles. The van der Waals surface area contributed by atoms with E-state index >= 15 is 0 Å². The van der Waals surface area contributed by atoms with E-state index in [1.165, 1.54) is 24.3 Å². The summed E-state index contributed by atoms with van der Waals surface area (Å²) in [5.41, 5.74) is 1.31. The number of hydrogen-bond acceptors (Lipinski definition) is 4. The molecule has 116 valence electrons. The van der Waals surface area contributed by atoms with Crippen LogP contribution in [0.1, 0.15) is 11.1 Å². The summed E-state index contributed by atoms with van der Waals surface area (Å²) in [4.78, 5) is 20.2. The number of carboxylic acids is 1. The Morgan fingerprint density at radius 2 is 1.64 bits per heavy atom. The number of aliphatic carboxylic acids is 1. The molecule has 0 aromatic heterocycles. The highest BCUT2D eigenvalue weighted by Gasteiger charge is 2.23. The molecule has 2 N–H and O–H groups in total. The fraction of sp³-hybridized carbons (Fsp3) is 0.133. The average molecular weight is 322 g/mol. The maximum atomic E-state index is 11.8. The van der Waals surface area contributed by atoms with Gasteiger partial charge in [0.05, 0.1) is 13.0 Å². The Labute approximate surface area is 127 Å². The third kappa shape index (κ3) is 5.33. The van der Waals surface area contributed by atoms with Crippen LogP contribution >= 0.6 is 7.82 Å². The van der Waals surface area contributed by atoms with Gasteiger partial charge < -0.3 is 9.63 Å². The summed E-state index contributed by atoms with van der Waals surface area (Å²) in [6, 6.07) is 14.8. The molecule has 0 spiro atoms. The molecule has 22 heavy (non-hydrogen) atoms. The molecule has 2 rings (SSSR count). The van der Waals surface area contributed by atoms with E-state index in [4.69, 9.17) is 14.2 Å². The fourth-order valence-corrected chi connectivity index (χ4v) is 2.49. The highest BCUT2D eigenvalue weighted by molar-refractivity contribution is 7.47. The van der Waals surface area contributed by atoms with E-state index in [2.05, 4.69) is 0 Å². The lowest BCUT2D eigenvalue weighted by Crippen LogP contribution is -2.00. The van der Waals surface area contributed by atoms with Crippen molar-refractivity contribution in [3.05, 3.63) is 65.7 Å². The Morgan fingerprint density at radius 3 is 2.23 bits per heavy atom. The number of rotatable bonds is 7. The second-order valence-electron chi connectivity index (χ2n) is 4.53. The third-order valence-corrected chi connectivity index (χ3v) is 3.63. The zero-order chi connectivity index (χ0) is 16.0. The number of hydrogen-bond donors (Lipinski definition) is 2. The van der Waals surface area contributed by atoms with Crippen LogP contribution in [0.15, 0.2) is 54.6 Å². The highest BCUT2D eigenvalue weighted by Crippen LogP contribution is 2.44. The molecular formula is C15H15O6P.